The lowest BCUT2D eigenvalue weighted by molar-refractivity contribution is -0.123. The van der Waals surface area contributed by atoms with Gasteiger partial charge in [-0.25, -0.2) is 0 Å². The number of benzene rings is 2. The molecule has 2 rings (SSSR count). The normalized spacial score (nSPS) is 10.6. The summed E-state index contributed by atoms with van der Waals surface area (Å²) in [5, 5.41) is 6.31. The van der Waals surface area contributed by atoms with Gasteiger partial charge in [-0.15, -0.1) is 11.8 Å². The molecule has 0 saturated heterocycles. The minimum Gasteiger partial charge on any atom is -0.351 e. The summed E-state index contributed by atoms with van der Waals surface area (Å²) in [4.78, 5) is 26.9. The summed E-state index contributed by atoms with van der Waals surface area (Å²) in [6.45, 7) is 0.615. The Hall–Kier alpha value is -2.02. The Bertz CT molecular complexity index is 770. The first-order valence-electron chi connectivity index (χ1n) is 8.11. The average molecular weight is 392 g/mol. The van der Waals surface area contributed by atoms with Gasteiger partial charge in [-0.2, -0.15) is 0 Å². The Labute approximate surface area is 163 Å². The van der Waals surface area contributed by atoms with Gasteiger partial charge in [0, 0.05) is 16.5 Å². The van der Waals surface area contributed by atoms with Crippen LogP contribution in [0.15, 0.2) is 53.4 Å². The first-order chi connectivity index (χ1) is 12.5. The largest absolute Gasteiger partial charge is 0.351 e. The molecule has 2 N–H and O–H groups in total. The summed E-state index contributed by atoms with van der Waals surface area (Å²) in [6, 6.07) is 15.0. The molecule has 0 heterocycles. The monoisotopic (exact) mass is 391 g/mol. The highest BCUT2D eigenvalue weighted by atomic mass is 35.5. The van der Waals surface area contributed by atoms with Crippen LogP contribution in [0.4, 0.5) is 5.69 Å². The molecule has 7 heteroatoms. The Morgan fingerprint density at radius 3 is 2.42 bits per heavy atom. The number of hydrogen-bond donors (Lipinski definition) is 2. The maximum atomic E-state index is 12.2. The van der Waals surface area contributed by atoms with Crippen LogP contribution in [-0.2, 0) is 16.1 Å². The number of hydrogen-bond acceptors (Lipinski definition) is 4. The summed E-state index contributed by atoms with van der Waals surface area (Å²) < 4.78 is 0. The number of carbonyl (C=O) groups is 2. The Morgan fingerprint density at radius 1 is 1.04 bits per heavy atom. The fourth-order valence-electron chi connectivity index (χ4n) is 2.38. The van der Waals surface area contributed by atoms with E-state index in [1.54, 1.807) is 29.8 Å². The standard InChI is InChI=1S/C19H22ClN3O2S/c1-23(12-18(24)21-11-14-7-3-4-8-15(14)20)13-19(25)22-16-9-5-6-10-17(16)26-2/h3-10H,11-13H2,1-2H3,(H,21,24)(H,22,25). The van der Waals surface area contributed by atoms with Crippen LogP contribution in [0.2, 0.25) is 5.02 Å². The highest BCUT2D eigenvalue weighted by molar-refractivity contribution is 7.98. The quantitative estimate of drug-likeness (QED) is 0.678. The molecule has 0 aliphatic carbocycles. The fraction of sp³-hybridized carbons (Fsp3) is 0.263. The van der Waals surface area contributed by atoms with Crippen LogP contribution in [0.25, 0.3) is 0 Å². The Balaban J connectivity index is 1.78. The zero-order valence-corrected chi connectivity index (χ0v) is 16.4. The number of para-hydroxylation sites is 1. The van der Waals surface area contributed by atoms with E-state index in [4.69, 9.17) is 11.6 Å². The summed E-state index contributed by atoms with van der Waals surface area (Å²) in [5.41, 5.74) is 1.64. The fourth-order valence-corrected chi connectivity index (χ4v) is 3.13. The number of thioether (sulfide) groups is 1. The zero-order valence-electron chi connectivity index (χ0n) is 14.8. The number of halogens is 1. The predicted molar refractivity (Wildman–Crippen MR) is 108 cm³/mol. The van der Waals surface area contributed by atoms with E-state index in [-0.39, 0.29) is 24.9 Å². The number of carbonyl (C=O) groups excluding carboxylic acids is 2. The molecule has 2 aromatic rings. The maximum absolute atomic E-state index is 12.2. The second-order valence-electron chi connectivity index (χ2n) is 5.79. The van der Waals surface area contributed by atoms with Crippen molar-refractivity contribution in [3.8, 4) is 0 Å². The van der Waals surface area contributed by atoms with Gasteiger partial charge in [-0.3, -0.25) is 14.5 Å². The first-order valence-corrected chi connectivity index (χ1v) is 9.71. The molecule has 0 aromatic heterocycles. The lowest BCUT2D eigenvalue weighted by atomic mass is 10.2. The molecule has 26 heavy (non-hydrogen) atoms. The molecule has 0 saturated carbocycles. The Kier molecular flexibility index (Phi) is 7.97. The van der Waals surface area contributed by atoms with Crippen molar-refractivity contribution in [1.29, 1.82) is 0 Å². The molecule has 138 valence electrons. The summed E-state index contributed by atoms with van der Waals surface area (Å²) in [6.07, 6.45) is 1.96. The molecule has 5 nitrogen and oxygen atoms in total. The van der Waals surface area contributed by atoms with Crippen molar-refractivity contribution in [3.05, 3.63) is 59.1 Å². The Morgan fingerprint density at radius 2 is 1.69 bits per heavy atom. The number of rotatable bonds is 8. The topological polar surface area (TPSA) is 61.4 Å². The molecule has 0 bridgehead atoms. The van der Waals surface area contributed by atoms with Gasteiger partial charge in [0.05, 0.1) is 18.8 Å². The van der Waals surface area contributed by atoms with Crippen molar-refractivity contribution in [2.45, 2.75) is 11.4 Å². The molecular weight excluding hydrogens is 370 g/mol. The molecule has 0 radical (unpaired) electrons. The predicted octanol–water partition coefficient (Wildman–Crippen LogP) is 3.25. The van der Waals surface area contributed by atoms with Gasteiger partial charge in [0.25, 0.3) is 0 Å². The molecule has 0 spiro atoms. The minimum atomic E-state index is -0.162. The lowest BCUT2D eigenvalue weighted by Crippen LogP contribution is -2.38. The molecular formula is C19H22ClN3O2S. The number of anilines is 1. The van der Waals surface area contributed by atoms with Crippen molar-refractivity contribution in [1.82, 2.24) is 10.2 Å². The van der Waals surface area contributed by atoms with E-state index in [1.807, 2.05) is 48.7 Å². The van der Waals surface area contributed by atoms with Gasteiger partial charge in [-0.1, -0.05) is 41.9 Å². The van der Waals surface area contributed by atoms with Crippen LogP contribution >= 0.6 is 23.4 Å². The maximum Gasteiger partial charge on any atom is 0.238 e. The van der Waals surface area contributed by atoms with Crippen LogP contribution in [0.5, 0.6) is 0 Å². The van der Waals surface area contributed by atoms with Crippen molar-refractivity contribution in [2.75, 3.05) is 31.7 Å². The zero-order chi connectivity index (χ0) is 18.9. The number of nitrogens with one attached hydrogen (secondary N) is 2. The van der Waals surface area contributed by atoms with E-state index in [9.17, 15) is 9.59 Å². The van der Waals surface area contributed by atoms with E-state index < -0.39 is 0 Å². The summed E-state index contributed by atoms with van der Waals surface area (Å²) >= 11 is 7.64. The van der Waals surface area contributed by atoms with Gasteiger partial charge >= 0.3 is 0 Å². The van der Waals surface area contributed by atoms with E-state index in [0.717, 1.165) is 16.1 Å². The van der Waals surface area contributed by atoms with Crippen molar-refractivity contribution in [3.63, 3.8) is 0 Å². The van der Waals surface area contributed by atoms with E-state index in [0.29, 0.717) is 11.6 Å². The average Bonchev–Trinajstić information content (AvgIpc) is 2.61. The van der Waals surface area contributed by atoms with Gasteiger partial charge in [0.2, 0.25) is 11.8 Å². The molecule has 0 atom stereocenters. The van der Waals surface area contributed by atoms with E-state index >= 15 is 0 Å². The lowest BCUT2D eigenvalue weighted by Gasteiger charge is -2.17. The first kappa shape index (κ1) is 20.3. The highest BCUT2D eigenvalue weighted by Gasteiger charge is 2.12. The second-order valence-corrected chi connectivity index (χ2v) is 7.04. The van der Waals surface area contributed by atoms with Gasteiger partial charge in [-0.05, 0) is 37.1 Å². The molecule has 2 aromatic carbocycles. The number of nitrogens with zero attached hydrogens (tertiary/aromatic N) is 1. The van der Waals surface area contributed by atoms with Crippen LogP contribution in [0.3, 0.4) is 0 Å². The molecule has 0 aliphatic rings. The van der Waals surface area contributed by atoms with E-state index in [2.05, 4.69) is 10.6 Å². The minimum absolute atomic E-state index is 0.127. The van der Waals surface area contributed by atoms with Crippen LogP contribution in [-0.4, -0.2) is 43.1 Å². The highest BCUT2D eigenvalue weighted by Crippen LogP contribution is 2.24. The molecule has 0 aliphatic heterocycles. The molecule has 0 fully saturated rings. The van der Waals surface area contributed by atoms with Gasteiger partial charge < -0.3 is 10.6 Å². The third-order valence-corrected chi connectivity index (χ3v) is 4.81. The van der Waals surface area contributed by atoms with Crippen molar-refractivity contribution >= 4 is 40.9 Å². The SMILES string of the molecule is CSc1ccccc1NC(=O)CN(C)CC(=O)NCc1ccccc1Cl. The van der Waals surface area contributed by atoms with Crippen LogP contribution in [0.1, 0.15) is 5.56 Å². The van der Waals surface area contributed by atoms with Crippen LogP contribution in [0, 0.1) is 0 Å². The molecule has 2 amide bonds. The van der Waals surface area contributed by atoms with Crippen LogP contribution < -0.4 is 10.6 Å². The van der Waals surface area contributed by atoms with E-state index in [1.165, 1.54) is 0 Å². The van der Waals surface area contributed by atoms with Gasteiger partial charge in [0.15, 0.2) is 0 Å². The van der Waals surface area contributed by atoms with Crippen molar-refractivity contribution < 1.29 is 9.59 Å². The number of likely N-dealkylation sites (N-methyl/N-ethyl adjacent to an activating group) is 1. The smallest absolute Gasteiger partial charge is 0.238 e. The summed E-state index contributed by atoms with van der Waals surface area (Å²) in [7, 11) is 1.73. The van der Waals surface area contributed by atoms with Crippen molar-refractivity contribution in [2.24, 2.45) is 0 Å². The molecule has 0 unspecified atom stereocenters. The third-order valence-electron chi connectivity index (χ3n) is 3.64. The number of amides is 2. The summed E-state index contributed by atoms with van der Waals surface area (Å²) in [5.74, 6) is -0.322. The second kappa shape index (κ2) is 10.2. The third kappa shape index (κ3) is 6.37. The van der Waals surface area contributed by atoms with Gasteiger partial charge in [0.1, 0.15) is 0 Å².